The number of ketones is 1. The lowest BCUT2D eigenvalue weighted by molar-refractivity contribution is -0.124. The molecule has 2 aromatic carbocycles. The number of hydrogen-bond donors (Lipinski definition) is 1. The molecule has 4 heteroatoms. The van der Waals surface area contributed by atoms with Crippen molar-refractivity contribution in [1.82, 2.24) is 0 Å². The highest BCUT2D eigenvalue weighted by atomic mass is 16.5. The average Bonchev–Trinajstić information content (AvgIpc) is 2.42. The van der Waals surface area contributed by atoms with Gasteiger partial charge >= 0.3 is 0 Å². The van der Waals surface area contributed by atoms with Crippen LogP contribution in [-0.4, -0.2) is 11.7 Å². The van der Waals surface area contributed by atoms with Crippen LogP contribution in [0.25, 0.3) is 0 Å². The summed E-state index contributed by atoms with van der Waals surface area (Å²) in [4.78, 5) is 22.3. The Morgan fingerprint density at radius 2 is 1.48 bits per heavy atom. The van der Waals surface area contributed by atoms with Crippen LogP contribution in [0.15, 0.2) is 48.5 Å². The number of Topliss-reactive ketones (excluding diaryl/α,β-unsaturated/α-hetero) is 1. The van der Waals surface area contributed by atoms with Crippen LogP contribution in [0, 0.1) is 6.92 Å². The van der Waals surface area contributed by atoms with Gasteiger partial charge < -0.3 is 10.1 Å². The van der Waals surface area contributed by atoms with E-state index < -0.39 is 0 Å². The van der Waals surface area contributed by atoms with E-state index in [-0.39, 0.29) is 18.1 Å². The van der Waals surface area contributed by atoms with Gasteiger partial charge in [-0.05, 0) is 50.2 Å². The number of benzene rings is 2. The topological polar surface area (TPSA) is 55.4 Å². The molecule has 0 saturated carbocycles. The maximum Gasteiger partial charge on any atom is 0.231 e. The van der Waals surface area contributed by atoms with Crippen molar-refractivity contribution in [1.29, 1.82) is 0 Å². The van der Waals surface area contributed by atoms with Crippen LogP contribution in [0.2, 0.25) is 0 Å². The number of amides is 1. The molecule has 0 aromatic heterocycles. The Labute approximate surface area is 123 Å². The van der Waals surface area contributed by atoms with E-state index in [4.69, 9.17) is 4.74 Å². The molecule has 2 aromatic rings. The number of carbonyl (C=O) groups is 2. The molecule has 21 heavy (non-hydrogen) atoms. The highest BCUT2D eigenvalue weighted by Crippen LogP contribution is 2.23. The molecule has 1 amide bonds. The van der Waals surface area contributed by atoms with Gasteiger partial charge in [-0.25, -0.2) is 0 Å². The zero-order chi connectivity index (χ0) is 15.2. The van der Waals surface area contributed by atoms with Gasteiger partial charge in [0, 0.05) is 5.69 Å². The van der Waals surface area contributed by atoms with Crippen LogP contribution in [0.5, 0.6) is 11.5 Å². The lowest BCUT2D eigenvalue weighted by Crippen LogP contribution is -2.14. The van der Waals surface area contributed by atoms with Crippen LogP contribution in [0.1, 0.15) is 18.9 Å². The lowest BCUT2D eigenvalue weighted by Gasteiger charge is -2.08. The van der Waals surface area contributed by atoms with Crippen molar-refractivity contribution in [3.05, 3.63) is 54.1 Å². The molecule has 4 nitrogen and oxygen atoms in total. The van der Waals surface area contributed by atoms with Gasteiger partial charge in [-0.1, -0.05) is 17.7 Å². The van der Waals surface area contributed by atoms with Crippen molar-refractivity contribution in [2.75, 3.05) is 5.32 Å². The third-order valence-corrected chi connectivity index (χ3v) is 2.80. The maximum atomic E-state index is 11.5. The van der Waals surface area contributed by atoms with E-state index in [2.05, 4.69) is 5.32 Å². The molecule has 0 fully saturated rings. The Hall–Kier alpha value is -2.62. The molecule has 0 bridgehead atoms. The van der Waals surface area contributed by atoms with Crippen LogP contribution in [0.4, 0.5) is 5.69 Å². The zero-order valence-electron chi connectivity index (χ0n) is 12.1. The van der Waals surface area contributed by atoms with Crippen LogP contribution in [-0.2, 0) is 9.59 Å². The standard InChI is InChI=1S/C17H17NO3/c1-12-3-7-15(8-4-12)21-16-9-5-14(6-10-16)18-17(20)11-13(2)19/h3-10H,11H2,1-2H3,(H,18,20). The number of hydrogen-bond acceptors (Lipinski definition) is 3. The quantitative estimate of drug-likeness (QED) is 0.851. The van der Waals surface area contributed by atoms with Crippen molar-refractivity contribution in [3.8, 4) is 11.5 Å². The summed E-state index contributed by atoms with van der Waals surface area (Å²) in [7, 11) is 0. The first kappa shape index (κ1) is 14.8. The van der Waals surface area contributed by atoms with Crippen molar-refractivity contribution >= 4 is 17.4 Å². The van der Waals surface area contributed by atoms with Crippen LogP contribution in [0.3, 0.4) is 0 Å². The maximum absolute atomic E-state index is 11.5. The Morgan fingerprint density at radius 1 is 0.952 bits per heavy atom. The highest BCUT2D eigenvalue weighted by molar-refractivity contribution is 6.03. The molecule has 0 spiro atoms. The number of anilines is 1. The minimum absolute atomic E-state index is 0.110. The van der Waals surface area contributed by atoms with Gasteiger partial charge in [-0.15, -0.1) is 0 Å². The summed E-state index contributed by atoms with van der Waals surface area (Å²) in [5.41, 5.74) is 1.81. The third kappa shape index (κ3) is 4.76. The zero-order valence-corrected chi connectivity index (χ0v) is 12.1. The van der Waals surface area contributed by atoms with Crippen molar-refractivity contribution in [2.24, 2.45) is 0 Å². The number of ether oxygens (including phenoxy) is 1. The monoisotopic (exact) mass is 283 g/mol. The summed E-state index contributed by atoms with van der Waals surface area (Å²) in [6.45, 7) is 3.40. The van der Waals surface area contributed by atoms with Crippen molar-refractivity contribution in [2.45, 2.75) is 20.3 Å². The summed E-state index contributed by atoms with van der Waals surface area (Å²) in [5.74, 6) is 0.971. The fourth-order valence-electron chi connectivity index (χ4n) is 1.78. The summed E-state index contributed by atoms with van der Waals surface area (Å²) in [6, 6.07) is 14.8. The molecule has 0 radical (unpaired) electrons. The van der Waals surface area contributed by atoms with E-state index >= 15 is 0 Å². The molecule has 2 rings (SSSR count). The first-order valence-electron chi connectivity index (χ1n) is 6.67. The van der Waals surface area contributed by atoms with Gasteiger partial charge in [0.25, 0.3) is 0 Å². The number of aryl methyl sites for hydroxylation is 1. The van der Waals surface area contributed by atoms with E-state index in [1.165, 1.54) is 12.5 Å². The summed E-state index contributed by atoms with van der Waals surface area (Å²) < 4.78 is 5.69. The molecule has 0 unspecified atom stereocenters. The van der Waals surface area contributed by atoms with E-state index in [0.717, 1.165) is 5.75 Å². The normalized spacial score (nSPS) is 10.0. The van der Waals surface area contributed by atoms with E-state index in [0.29, 0.717) is 11.4 Å². The summed E-state index contributed by atoms with van der Waals surface area (Å²) in [6.07, 6.45) is -0.110. The smallest absolute Gasteiger partial charge is 0.231 e. The summed E-state index contributed by atoms with van der Waals surface area (Å²) >= 11 is 0. The Kier molecular flexibility index (Phi) is 4.72. The van der Waals surface area contributed by atoms with E-state index in [9.17, 15) is 9.59 Å². The van der Waals surface area contributed by atoms with E-state index in [1.54, 1.807) is 24.3 Å². The first-order valence-corrected chi connectivity index (χ1v) is 6.67. The molecule has 0 aliphatic rings. The molecule has 108 valence electrons. The molecule has 0 atom stereocenters. The molecule has 1 N–H and O–H groups in total. The second-order valence-corrected chi connectivity index (χ2v) is 4.87. The minimum Gasteiger partial charge on any atom is -0.457 e. The first-order chi connectivity index (χ1) is 10.0. The van der Waals surface area contributed by atoms with E-state index in [1.807, 2.05) is 31.2 Å². The molecule has 0 aliphatic carbocycles. The molecule has 0 aliphatic heterocycles. The molecular weight excluding hydrogens is 266 g/mol. The largest absolute Gasteiger partial charge is 0.457 e. The van der Waals surface area contributed by atoms with Crippen LogP contribution < -0.4 is 10.1 Å². The minimum atomic E-state index is -0.310. The Bertz CT molecular complexity index is 630. The second kappa shape index (κ2) is 6.70. The SMILES string of the molecule is CC(=O)CC(=O)Nc1ccc(Oc2ccc(C)cc2)cc1. The summed E-state index contributed by atoms with van der Waals surface area (Å²) in [5, 5.41) is 2.66. The fourth-order valence-corrected chi connectivity index (χ4v) is 1.78. The van der Waals surface area contributed by atoms with Gasteiger partial charge in [0.15, 0.2) is 0 Å². The van der Waals surface area contributed by atoms with Gasteiger partial charge in [0.1, 0.15) is 17.3 Å². The predicted octanol–water partition coefficient (Wildman–Crippen LogP) is 3.70. The Morgan fingerprint density at radius 3 is 2.00 bits per heavy atom. The predicted molar refractivity (Wildman–Crippen MR) is 81.6 cm³/mol. The van der Waals surface area contributed by atoms with Gasteiger partial charge in [-0.2, -0.15) is 0 Å². The second-order valence-electron chi connectivity index (χ2n) is 4.87. The van der Waals surface area contributed by atoms with Gasteiger partial charge in [0.05, 0.1) is 6.42 Å². The van der Waals surface area contributed by atoms with Crippen molar-refractivity contribution < 1.29 is 14.3 Å². The number of nitrogens with one attached hydrogen (secondary N) is 1. The van der Waals surface area contributed by atoms with Gasteiger partial charge in [0.2, 0.25) is 5.91 Å². The Balaban J connectivity index is 1.97. The lowest BCUT2D eigenvalue weighted by atomic mass is 10.2. The molecular formula is C17H17NO3. The fraction of sp³-hybridized carbons (Fsp3) is 0.176. The number of carbonyl (C=O) groups excluding carboxylic acids is 2. The number of rotatable bonds is 5. The third-order valence-electron chi connectivity index (χ3n) is 2.80. The highest BCUT2D eigenvalue weighted by Gasteiger charge is 2.05. The molecule has 0 saturated heterocycles. The van der Waals surface area contributed by atoms with Crippen molar-refractivity contribution in [3.63, 3.8) is 0 Å². The average molecular weight is 283 g/mol. The van der Waals surface area contributed by atoms with Gasteiger partial charge in [-0.3, -0.25) is 9.59 Å². The van der Waals surface area contributed by atoms with Crippen LogP contribution >= 0.6 is 0 Å². The molecule has 0 heterocycles.